The number of amides is 2. The van der Waals surface area contributed by atoms with Gasteiger partial charge < -0.3 is 15.0 Å². The van der Waals surface area contributed by atoms with Crippen molar-refractivity contribution >= 4 is 33.6 Å². The summed E-state index contributed by atoms with van der Waals surface area (Å²) in [6.45, 7) is 13.3. The molecule has 170 valence electrons. The summed E-state index contributed by atoms with van der Waals surface area (Å²) in [5.74, 6) is -0.786. The van der Waals surface area contributed by atoms with Crippen LogP contribution in [-0.4, -0.2) is 51.4 Å². The standard InChI is InChI=1S/C22H25BrFN5O3/c1-22(2,3)32-21(31)27-15-6-5-9-28(12-15)19(30)13-29-20(16(23)11-26-29)14-7-8-18(25-4)17(24)10-14/h7-8,10-11,15H,5-6,9,12-13H2,1-3H3,(H,27,31)/t15-/m1/s1. The van der Waals surface area contributed by atoms with Crippen LogP contribution < -0.4 is 5.32 Å². The fourth-order valence-corrected chi connectivity index (χ4v) is 4.06. The molecular formula is C22H25BrFN5O3. The quantitative estimate of drug-likeness (QED) is 0.619. The maximum atomic E-state index is 14.1. The molecule has 0 saturated carbocycles. The second kappa shape index (κ2) is 9.69. The predicted molar refractivity (Wildman–Crippen MR) is 121 cm³/mol. The van der Waals surface area contributed by atoms with Gasteiger partial charge in [0.05, 0.1) is 22.9 Å². The number of nitrogens with one attached hydrogen (secondary N) is 1. The summed E-state index contributed by atoms with van der Waals surface area (Å²) < 4.78 is 21.6. The molecule has 10 heteroatoms. The number of alkyl carbamates (subject to hydrolysis) is 1. The van der Waals surface area contributed by atoms with Crippen LogP contribution in [0.3, 0.4) is 0 Å². The van der Waals surface area contributed by atoms with Gasteiger partial charge in [-0.05, 0) is 55.6 Å². The van der Waals surface area contributed by atoms with Crippen LogP contribution in [-0.2, 0) is 16.1 Å². The number of hydrogen-bond donors (Lipinski definition) is 1. The Bertz CT molecular complexity index is 1060. The van der Waals surface area contributed by atoms with Gasteiger partial charge >= 0.3 is 6.09 Å². The molecule has 0 unspecified atom stereocenters. The largest absolute Gasteiger partial charge is 0.444 e. The topological polar surface area (TPSA) is 80.8 Å². The van der Waals surface area contributed by atoms with E-state index < -0.39 is 17.5 Å². The number of nitrogens with zero attached hydrogens (tertiary/aromatic N) is 4. The van der Waals surface area contributed by atoms with Crippen LogP contribution in [0, 0.1) is 12.4 Å². The van der Waals surface area contributed by atoms with E-state index >= 15 is 0 Å². The fourth-order valence-electron chi connectivity index (χ4n) is 3.54. The number of carbonyl (C=O) groups excluding carboxylic acids is 2. The highest BCUT2D eigenvalue weighted by molar-refractivity contribution is 9.10. The normalized spacial score (nSPS) is 16.4. The van der Waals surface area contributed by atoms with Crippen molar-refractivity contribution in [2.75, 3.05) is 13.1 Å². The molecule has 32 heavy (non-hydrogen) atoms. The van der Waals surface area contributed by atoms with Gasteiger partial charge in [-0.1, -0.05) is 12.1 Å². The minimum atomic E-state index is -0.629. The number of rotatable bonds is 4. The third-order valence-corrected chi connectivity index (χ3v) is 5.50. The zero-order chi connectivity index (χ0) is 23.5. The molecule has 0 spiro atoms. The number of hydrogen-bond acceptors (Lipinski definition) is 4. The minimum absolute atomic E-state index is 0.0354. The first kappa shape index (κ1) is 23.7. The van der Waals surface area contributed by atoms with Gasteiger partial charge in [-0.15, -0.1) is 0 Å². The third kappa shape index (κ3) is 5.85. The van der Waals surface area contributed by atoms with Crippen LogP contribution in [0.2, 0.25) is 0 Å². The van der Waals surface area contributed by atoms with Crippen molar-refractivity contribution < 1.29 is 18.7 Å². The van der Waals surface area contributed by atoms with Crippen LogP contribution in [0.25, 0.3) is 16.1 Å². The molecule has 1 aromatic heterocycles. The van der Waals surface area contributed by atoms with Crippen LogP contribution in [0.4, 0.5) is 14.9 Å². The van der Waals surface area contributed by atoms with Gasteiger partial charge in [0, 0.05) is 24.7 Å². The number of halogens is 2. The van der Waals surface area contributed by atoms with E-state index in [1.807, 2.05) is 0 Å². The maximum Gasteiger partial charge on any atom is 0.407 e. The molecule has 2 heterocycles. The van der Waals surface area contributed by atoms with Crippen molar-refractivity contribution in [1.82, 2.24) is 20.0 Å². The molecule has 2 amide bonds. The molecular weight excluding hydrogens is 481 g/mol. The van der Waals surface area contributed by atoms with Crippen LogP contribution in [0.1, 0.15) is 33.6 Å². The Morgan fingerprint density at radius 2 is 2.16 bits per heavy atom. The molecule has 0 radical (unpaired) electrons. The third-order valence-electron chi connectivity index (χ3n) is 4.92. The molecule has 1 N–H and O–H groups in total. The van der Waals surface area contributed by atoms with Gasteiger partial charge in [0.15, 0.2) is 0 Å². The molecule has 1 aromatic carbocycles. The Morgan fingerprint density at radius 3 is 2.81 bits per heavy atom. The number of benzene rings is 1. The minimum Gasteiger partial charge on any atom is -0.444 e. The second-order valence-electron chi connectivity index (χ2n) is 8.60. The Labute approximate surface area is 194 Å². The maximum absolute atomic E-state index is 14.1. The van der Waals surface area contributed by atoms with Gasteiger partial charge in [-0.25, -0.2) is 14.0 Å². The summed E-state index contributed by atoms with van der Waals surface area (Å²) in [7, 11) is 0. The first-order valence-corrected chi connectivity index (χ1v) is 11.0. The van der Waals surface area contributed by atoms with Crippen molar-refractivity contribution in [2.45, 2.75) is 51.8 Å². The molecule has 3 rings (SSSR count). The SMILES string of the molecule is [C-]#[N+]c1ccc(-c2c(Br)cnn2CC(=O)N2CCC[C@@H](NC(=O)OC(C)(C)C)C2)cc1F. The van der Waals surface area contributed by atoms with Crippen molar-refractivity contribution in [3.63, 3.8) is 0 Å². The van der Waals surface area contributed by atoms with Crippen LogP contribution in [0.5, 0.6) is 0 Å². The van der Waals surface area contributed by atoms with Crippen molar-refractivity contribution in [3.8, 4) is 11.3 Å². The lowest BCUT2D eigenvalue weighted by Gasteiger charge is -2.33. The van der Waals surface area contributed by atoms with Crippen molar-refractivity contribution in [2.24, 2.45) is 0 Å². The van der Waals surface area contributed by atoms with Gasteiger partial charge in [0.25, 0.3) is 0 Å². The molecule has 1 fully saturated rings. The van der Waals surface area contributed by atoms with Crippen LogP contribution in [0.15, 0.2) is 28.9 Å². The average Bonchev–Trinajstić information content (AvgIpc) is 3.06. The molecule has 1 saturated heterocycles. The number of ether oxygens (including phenoxy) is 1. The first-order valence-electron chi connectivity index (χ1n) is 10.2. The van der Waals surface area contributed by atoms with E-state index in [1.165, 1.54) is 16.8 Å². The zero-order valence-corrected chi connectivity index (χ0v) is 19.8. The van der Waals surface area contributed by atoms with Crippen LogP contribution >= 0.6 is 15.9 Å². The van der Waals surface area contributed by atoms with E-state index in [0.717, 1.165) is 12.8 Å². The summed E-state index contributed by atoms with van der Waals surface area (Å²) in [6.07, 6.45) is 2.56. The Kier molecular flexibility index (Phi) is 7.19. The smallest absolute Gasteiger partial charge is 0.407 e. The Morgan fingerprint density at radius 1 is 1.41 bits per heavy atom. The highest BCUT2D eigenvalue weighted by Crippen LogP contribution is 2.31. The van der Waals surface area contributed by atoms with E-state index in [-0.39, 0.29) is 24.2 Å². The summed E-state index contributed by atoms with van der Waals surface area (Å²) >= 11 is 3.41. The summed E-state index contributed by atoms with van der Waals surface area (Å²) in [5, 5.41) is 7.09. The zero-order valence-electron chi connectivity index (χ0n) is 18.2. The average molecular weight is 506 g/mol. The Hall–Kier alpha value is -2.93. The lowest BCUT2D eigenvalue weighted by atomic mass is 10.1. The van der Waals surface area contributed by atoms with Crippen molar-refractivity contribution in [1.29, 1.82) is 0 Å². The number of aromatic nitrogens is 2. The molecule has 2 aromatic rings. The van der Waals surface area contributed by atoms with E-state index in [4.69, 9.17) is 11.3 Å². The summed E-state index contributed by atoms with van der Waals surface area (Å²) in [5.41, 5.74) is 0.401. The van der Waals surface area contributed by atoms with E-state index in [0.29, 0.717) is 28.8 Å². The van der Waals surface area contributed by atoms with Gasteiger partial charge in [0.2, 0.25) is 11.6 Å². The second-order valence-corrected chi connectivity index (χ2v) is 9.46. The number of likely N-dealkylation sites (tertiary alicyclic amines) is 1. The van der Waals surface area contributed by atoms with Gasteiger partial charge in [-0.3, -0.25) is 9.48 Å². The molecule has 8 nitrogen and oxygen atoms in total. The lowest BCUT2D eigenvalue weighted by molar-refractivity contribution is -0.133. The monoisotopic (exact) mass is 505 g/mol. The molecule has 1 atom stereocenters. The van der Waals surface area contributed by atoms with E-state index in [2.05, 4.69) is 31.2 Å². The van der Waals surface area contributed by atoms with Crippen molar-refractivity contribution in [3.05, 3.63) is 46.1 Å². The Balaban J connectivity index is 1.69. The molecule has 0 aliphatic carbocycles. The first-order chi connectivity index (χ1) is 15.1. The van der Waals surface area contributed by atoms with Gasteiger partial charge in [-0.2, -0.15) is 5.10 Å². The summed E-state index contributed by atoms with van der Waals surface area (Å²) in [4.78, 5) is 29.9. The predicted octanol–water partition coefficient (Wildman–Crippen LogP) is 4.52. The van der Waals surface area contributed by atoms with Gasteiger partial charge in [0.1, 0.15) is 18.0 Å². The summed E-state index contributed by atoms with van der Waals surface area (Å²) in [6, 6.07) is 4.10. The lowest BCUT2D eigenvalue weighted by Crippen LogP contribution is -2.51. The fraction of sp³-hybridized carbons (Fsp3) is 0.455. The van der Waals surface area contributed by atoms with E-state index in [9.17, 15) is 14.0 Å². The molecule has 1 aliphatic heterocycles. The molecule has 1 aliphatic rings. The highest BCUT2D eigenvalue weighted by atomic mass is 79.9. The van der Waals surface area contributed by atoms with E-state index in [1.54, 1.807) is 37.9 Å². The molecule has 0 bridgehead atoms. The number of carbonyl (C=O) groups is 2. The highest BCUT2D eigenvalue weighted by Gasteiger charge is 2.27. The number of piperidine rings is 1.